The van der Waals surface area contributed by atoms with Crippen molar-refractivity contribution in [3.63, 3.8) is 0 Å². The fourth-order valence-electron chi connectivity index (χ4n) is 6.22. The van der Waals surface area contributed by atoms with Gasteiger partial charge in [0.25, 0.3) is 0 Å². The van der Waals surface area contributed by atoms with E-state index in [0.717, 1.165) is 23.5 Å². The highest BCUT2D eigenvalue weighted by Crippen LogP contribution is 2.38. The standard InChI is InChI=1S/C44H43N/c1-31-6-14-36(15-7-31)30-44(40-16-8-32(2)9-17-40)35(5)37-18-20-38(21-19-37)39-22-28-43(29-23-39)45(41-24-10-33(3)11-25-41)42-26-12-34(4)13-27-42/h6-29,35,44H,30H2,1-5H3. The van der Waals surface area contributed by atoms with Gasteiger partial charge < -0.3 is 4.90 Å². The Morgan fingerprint density at radius 3 is 1.18 bits per heavy atom. The van der Waals surface area contributed by atoms with Gasteiger partial charge in [-0.25, -0.2) is 0 Å². The van der Waals surface area contributed by atoms with E-state index in [9.17, 15) is 0 Å². The van der Waals surface area contributed by atoms with Crippen LogP contribution in [-0.2, 0) is 6.42 Å². The molecule has 1 nitrogen and oxygen atoms in total. The summed E-state index contributed by atoms with van der Waals surface area (Å²) >= 11 is 0. The maximum atomic E-state index is 2.38. The van der Waals surface area contributed by atoms with Crippen LogP contribution < -0.4 is 4.90 Å². The largest absolute Gasteiger partial charge is 0.311 e. The van der Waals surface area contributed by atoms with Crippen LogP contribution in [0.1, 0.15) is 57.7 Å². The van der Waals surface area contributed by atoms with Gasteiger partial charge in [0, 0.05) is 17.1 Å². The maximum absolute atomic E-state index is 2.38. The third kappa shape index (κ3) is 7.10. The van der Waals surface area contributed by atoms with E-state index in [-0.39, 0.29) is 0 Å². The van der Waals surface area contributed by atoms with Crippen LogP contribution in [0.3, 0.4) is 0 Å². The first-order valence-corrected chi connectivity index (χ1v) is 16.1. The number of nitrogens with zero attached hydrogens (tertiary/aromatic N) is 1. The van der Waals surface area contributed by atoms with E-state index in [1.54, 1.807) is 0 Å². The lowest BCUT2D eigenvalue weighted by Gasteiger charge is -2.26. The Balaban J connectivity index is 1.25. The first-order chi connectivity index (χ1) is 21.8. The SMILES string of the molecule is Cc1ccc(CC(c2ccc(C)cc2)C(C)c2ccc(-c3ccc(N(c4ccc(C)cc4)c4ccc(C)cc4)cc3)cc2)cc1. The molecule has 0 saturated carbocycles. The van der Waals surface area contributed by atoms with Gasteiger partial charge in [-0.15, -0.1) is 0 Å². The van der Waals surface area contributed by atoms with Crippen LogP contribution in [0, 0.1) is 27.7 Å². The van der Waals surface area contributed by atoms with E-state index >= 15 is 0 Å². The molecule has 0 spiro atoms. The lowest BCUT2D eigenvalue weighted by Crippen LogP contribution is -2.12. The summed E-state index contributed by atoms with van der Waals surface area (Å²) in [5, 5.41) is 0. The molecule has 0 amide bonds. The Morgan fingerprint density at radius 1 is 0.400 bits per heavy atom. The minimum absolute atomic E-state index is 0.378. The summed E-state index contributed by atoms with van der Waals surface area (Å²) in [5.41, 5.74) is 15.2. The first-order valence-electron chi connectivity index (χ1n) is 16.1. The summed E-state index contributed by atoms with van der Waals surface area (Å²) in [6.07, 6.45) is 1.02. The molecule has 0 aromatic heterocycles. The van der Waals surface area contributed by atoms with Gasteiger partial charge in [0.2, 0.25) is 0 Å². The van der Waals surface area contributed by atoms with Crippen molar-refractivity contribution in [2.75, 3.05) is 4.90 Å². The molecule has 6 aromatic carbocycles. The van der Waals surface area contributed by atoms with Gasteiger partial charge in [0.05, 0.1) is 0 Å². The average Bonchev–Trinajstić information content (AvgIpc) is 3.07. The Kier molecular flexibility index (Phi) is 8.98. The van der Waals surface area contributed by atoms with E-state index in [1.165, 1.54) is 50.1 Å². The molecule has 224 valence electrons. The molecule has 0 bridgehead atoms. The van der Waals surface area contributed by atoms with Crippen molar-refractivity contribution in [3.05, 3.63) is 185 Å². The third-order valence-corrected chi connectivity index (χ3v) is 9.16. The summed E-state index contributed by atoms with van der Waals surface area (Å²) in [7, 11) is 0. The zero-order chi connectivity index (χ0) is 31.3. The van der Waals surface area contributed by atoms with Crippen LogP contribution in [0.15, 0.2) is 146 Å². The monoisotopic (exact) mass is 585 g/mol. The van der Waals surface area contributed by atoms with Gasteiger partial charge in [0.15, 0.2) is 0 Å². The lowest BCUT2D eigenvalue weighted by molar-refractivity contribution is 0.572. The van der Waals surface area contributed by atoms with E-state index in [2.05, 4.69) is 185 Å². The fourth-order valence-corrected chi connectivity index (χ4v) is 6.22. The lowest BCUT2D eigenvalue weighted by atomic mass is 9.78. The second kappa shape index (κ2) is 13.4. The van der Waals surface area contributed by atoms with Crippen molar-refractivity contribution in [1.82, 2.24) is 0 Å². The number of hydrogen-bond acceptors (Lipinski definition) is 1. The summed E-state index contributed by atoms with van der Waals surface area (Å²) in [6, 6.07) is 53.9. The second-order valence-corrected chi connectivity index (χ2v) is 12.7. The van der Waals surface area contributed by atoms with Gasteiger partial charge in [-0.2, -0.15) is 0 Å². The Morgan fingerprint density at radius 2 is 0.733 bits per heavy atom. The summed E-state index contributed by atoms with van der Waals surface area (Å²) in [5.74, 6) is 0.774. The van der Waals surface area contributed by atoms with E-state index in [0.29, 0.717) is 11.8 Å². The van der Waals surface area contributed by atoms with Crippen molar-refractivity contribution >= 4 is 17.1 Å². The van der Waals surface area contributed by atoms with E-state index in [1.807, 2.05) is 0 Å². The molecular formula is C44H43N. The van der Waals surface area contributed by atoms with Crippen molar-refractivity contribution < 1.29 is 0 Å². The van der Waals surface area contributed by atoms with Gasteiger partial charge >= 0.3 is 0 Å². The molecule has 0 aliphatic heterocycles. The van der Waals surface area contributed by atoms with Crippen LogP contribution >= 0.6 is 0 Å². The highest BCUT2D eigenvalue weighted by atomic mass is 15.1. The number of hydrogen-bond donors (Lipinski definition) is 0. The highest BCUT2D eigenvalue weighted by molar-refractivity contribution is 5.78. The topological polar surface area (TPSA) is 3.24 Å². The Bertz CT molecular complexity index is 1770. The van der Waals surface area contributed by atoms with Gasteiger partial charge in [-0.3, -0.25) is 0 Å². The van der Waals surface area contributed by atoms with Gasteiger partial charge in [-0.1, -0.05) is 138 Å². The molecule has 0 fully saturated rings. The van der Waals surface area contributed by atoms with Crippen LogP contribution in [0.4, 0.5) is 17.1 Å². The number of rotatable bonds is 9. The van der Waals surface area contributed by atoms with E-state index in [4.69, 9.17) is 0 Å². The normalized spacial score (nSPS) is 12.5. The van der Waals surface area contributed by atoms with Gasteiger partial charge in [0.1, 0.15) is 0 Å². The van der Waals surface area contributed by atoms with E-state index < -0.39 is 0 Å². The zero-order valence-corrected chi connectivity index (χ0v) is 27.2. The first kappa shape index (κ1) is 30.2. The molecule has 0 aliphatic rings. The summed E-state index contributed by atoms with van der Waals surface area (Å²) < 4.78 is 0. The Hall–Kier alpha value is -4.88. The molecule has 0 heterocycles. The predicted molar refractivity (Wildman–Crippen MR) is 193 cm³/mol. The Labute approximate surface area is 269 Å². The fraction of sp³-hybridized carbons (Fsp3) is 0.182. The molecule has 45 heavy (non-hydrogen) atoms. The summed E-state index contributed by atoms with van der Waals surface area (Å²) in [6.45, 7) is 11.0. The average molecular weight is 586 g/mol. The number of aryl methyl sites for hydroxylation is 4. The molecule has 0 N–H and O–H groups in total. The third-order valence-electron chi connectivity index (χ3n) is 9.16. The molecule has 2 atom stereocenters. The molecule has 2 unspecified atom stereocenters. The molecule has 1 heteroatoms. The van der Waals surface area contributed by atoms with Crippen LogP contribution in [0.5, 0.6) is 0 Å². The molecule has 6 aromatic rings. The highest BCUT2D eigenvalue weighted by Gasteiger charge is 2.22. The zero-order valence-electron chi connectivity index (χ0n) is 27.2. The van der Waals surface area contributed by atoms with Crippen LogP contribution in [0.25, 0.3) is 11.1 Å². The molecule has 0 saturated heterocycles. The van der Waals surface area contributed by atoms with Crippen molar-refractivity contribution in [1.29, 1.82) is 0 Å². The van der Waals surface area contributed by atoms with Crippen LogP contribution in [0.2, 0.25) is 0 Å². The molecule has 6 rings (SSSR count). The molecular weight excluding hydrogens is 542 g/mol. The molecule has 0 aliphatic carbocycles. The molecule has 0 radical (unpaired) electrons. The van der Waals surface area contributed by atoms with Gasteiger partial charge in [-0.05, 0) is 110 Å². The van der Waals surface area contributed by atoms with Crippen molar-refractivity contribution in [2.45, 2.75) is 52.9 Å². The predicted octanol–water partition coefficient (Wildman–Crippen LogP) is 12.2. The van der Waals surface area contributed by atoms with Crippen LogP contribution in [-0.4, -0.2) is 0 Å². The minimum atomic E-state index is 0.378. The summed E-state index contributed by atoms with van der Waals surface area (Å²) in [4.78, 5) is 2.33. The smallest absolute Gasteiger partial charge is 0.0462 e. The van der Waals surface area contributed by atoms with Crippen molar-refractivity contribution in [2.24, 2.45) is 0 Å². The second-order valence-electron chi connectivity index (χ2n) is 12.7. The number of benzene rings is 6. The minimum Gasteiger partial charge on any atom is -0.311 e. The quantitative estimate of drug-likeness (QED) is 0.163. The number of anilines is 3. The van der Waals surface area contributed by atoms with Crippen molar-refractivity contribution in [3.8, 4) is 11.1 Å². The maximum Gasteiger partial charge on any atom is 0.0462 e.